The third kappa shape index (κ3) is 2.43. The van der Waals surface area contributed by atoms with E-state index in [-0.39, 0.29) is 0 Å². The van der Waals surface area contributed by atoms with Crippen molar-refractivity contribution in [3.05, 3.63) is 29.3 Å². The van der Waals surface area contributed by atoms with E-state index in [0.29, 0.717) is 5.92 Å². The van der Waals surface area contributed by atoms with Crippen molar-refractivity contribution in [3.8, 4) is 0 Å². The molecule has 0 aliphatic carbocycles. The van der Waals surface area contributed by atoms with Crippen LogP contribution in [0.1, 0.15) is 25.0 Å². The van der Waals surface area contributed by atoms with Crippen LogP contribution in [0.2, 0.25) is 0 Å². The Hall–Kier alpha value is -1.31. The first-order valence-corrected chi connectivity index (χ1v) is 5.75. The van der Waals surface area contributed by atoms with Crippen LogP contribution in [0.5, 0.6) is 0 Å². The molecule has 1 aromatic carbocycles. The Morgan fingerprint density at radius 2 is 1.69 bits per heavy atom. The molecule has 16 heavy (non-hydrogen) atoms. The monoisotopic (exact) mass is 218 g/mol. The van der Waals surface area contributed by atoms with Crippen LogP contribution in [-0.4, -0.2) is 19.9 Å². The number of benzene rings is 1. The summed E-state index contributed by atoms with van der Waals surface area (Å²) >= 11 is 0. The molecule has 0 unspecified atom stereocenters. The average Bonchev–Trinajstić information content (AvgIpc) is 2.17. The summed E-state index contributed by atoms with van der Waals surface area (Å²) < 4.78 is 0. The highest BCUT2D eigenvalue weighted by molar-refractivity contribution is 5.99. The second-order valence-corrected chi connectivity index (χ2v) is 4.54. The third-order valence-corrected chi connectivity index (χ3v) is 2.86. The fourth-order valence-electron chi connectivity index (χ4n) is 2.24. The van der Waals surface area contributed by atoms with Gasteiger partial charge in [0.15, 0.2) is 0 Å². The van der Waals surface area contributed by atoms with Crippen LogP contribution in [0.4, 0.5) is 5.69 Å². The Morgan fingerprint density at radius 3 is 2.06 bits per heavy atom. The molecule has 0 heterocycles. The molecule has 0 saturated carbocycles. The van der Waals surface area contributed by atoms with E-state index in [1.807, 2.05) is 7.05 Å². The molecule has 0 fully saturated rings. The molecule has 0 N–H and O–H groups in total. The summed E-state index contributed by atoms with van der Waals surface area (Å²) in [6.07, 6.45) is 0. The summed E-state index contributed by atoms with van der Waals surface area (Å²) in [5, 5.41) is 0. The van der Waals surface area contributed by atoms with Crippen molar-refractivity contribution in [2.24, 2.45) is 10.9 Å². The topological polar surface area (TPSA) is 15.6 Å². The van der Waals surface area contributed by atoms with E-state index in [2.05, 4.69) is 62.8 Å². The number of hydrogen-bond acceptors (Lipinski definition) is 1. The lowest BCUT2D eigenvalue weighted by Crippen LogP contribution is -2.31. The minimum Gasteiger partial charge on any atom is -0.333 e. The van der Waals surface area contributed by atoms with Gasteiger partial charge in [-0.15, -0.1) is 0 Å². The highest BCUT2D eigenvalue weighted by Gasteiger charge is 2.15. The molecular weight excluding hydrogens is 196 g/mol. The van der Waals surface area contributed by atoms with E-state index in [1.165, 1.54) is 16.8 Å². The van der Waals surface area contributed by atoms with Crippen molar-refractivity contribution >= 4 is 11.5 Å². The molecule has 2 nitrogen and oxygen atoms in total. The highest BCUT2D eigenvalue weighted by atomic mass is 15.2. The standard InChI is InChI=1S/C14H22N2/c1-10(2)14(15-5)16(6)13-11(3)8-7-9-12(13)4/h7-10H,1-6H3/b15-14-. The van der Waals surface area contributed by atoms with Crippen molar-refractivity contribution in [3.63, 3.8) is 0 Å². The van der Waals surface area contributed by atoms with Gasteiger partial charge in [-0.1, -0.05) is 32.0 Å². The summed E-state index contributed by atoms with van der Waals surface area (Å²) in [5.41, 5.74) is 3.87. The van der Waals surface area contributed by atoms with Crippen molar-refractivity contribution in [2.45, 2.75) is 27.7 Å². The lowest BCUT2D eigenvalue weighted by molar-refractivity contribution is 0.853. The molecule has 0 atom stereocenters. The van der Waals surface area contributed by atoms with Crippen LogP contribution in [0, 0.1) is 19.8 Å². The van der Waals surface area contributed by atoms with Gasteiger partial charge in [-0.25, -0.2) is 0 Å². The maximum Gasteiger partial charge on any atom is 0.105 e. The first-order chi connectivity index (χ1) is 7.49. The molecule has 1 aromatic rings. The molecule has 1 rings (SSSR count). The van der Waals surface area contributed by atoms with Gasteiger partial charge < -0.3 is 4.90 Å². The number of aryl methyl sites for hydroxylation is 2. The summed E-state index contributed by atoms with van der Waals surface area (Å²) in [6, 6.07) is 6.39. The fraction of sp³-hybridized carbons (Fsp3) is 0.500. The largest absolute Gasteiger partial charge is 0.333 e. The molecule has 0 aliphatic rings. The number of para-hydroxylation sites is 1. The van der Waals surface area contributed by atoms with Gasteiger partial charge in [0.1, 0.15) is 5.84 Å². The zero-order valence-electron chi connectivity index (χ0n) is 11.2. The second kappa shape index (κ2) is 5.15. The van der Waals surface area contributed by atoms with E-state index in [0.717, 1.165) is 5.84 Å². The molecule has 0 bridgehead atoms. The van der Waals surface area contributed by atoms with E-state index < -0.39 is 0 Å². The first kappa shape index (κ1) is 12.8. The zero-order chi connectivity index (χ0) is 12.3. The summed E-state index contributed by atoms with van der Waals surface area (Å²) in [4.78, 5) is 6.59. The fourth-order valence-corrected chi connectivity index (χ4v) is 2.24. The molecule has 0 aromatic heterocycles. The Balaban J connectivity index is 3.19. The molecule has 2 heteroatoms. The summed E-state index contributed by atoms with van der Waals surface area (Å²) in [5.74, 6) is 1.56. The Morgan fingerprint density at radius 1 is 1.19 bits per heavy atom. The minimum atomic E-state index is 0.439. The number of nitrogens with zero attached hydrogens (tertiary/aromatic N) is 2. The van der Waals surface area contributed by atoms with Gasteiger partial charge in [-0.2, -0.15) is 0 Å². The van der Waals surface area contributed by atoms with Crippen LogP contribution in [0.3, 0.4) is 0 Å². The third-order valence-electron chi connectivity index (χ3n) is 2.86. The number of hydrogen-bond donors (Lipinski definition) is 0. The predicted octanol–water partition coefficient (Wildman–Crippen LogP) is 3.42. The van der Waals surface area contributed by atoms with Crippen LogP contribution < -0.4 is 4.90 Å². The van der Waals surface area contributed by atoms with E-state index >= 15 is 0 Å². The van der Waals surface area contributed by atoms with Gasteiger partial charge in [0, 0.05) is 25.7 Å². The van der Waals surface area contributed by atoms with Crippen molar-refractivity contribution in [2.75, 3.05) is 19.0 Å². The van der Waals surface area contributed by atoms with E-state index in [9.17, 15) is 0 Å². The lowest BCUT2D eigenvalue weighted by atomic mass is 10.1. The SMILES string of the molecule is C/N=C(/C(C)C)N(C)c1c(C)cccc1C. The van der Waals surface area contributed by atoms with E-state index in [1.54, 1.807) is 0 Å². The zero-order valence-corrected chi connectivity index (χ0v) is 11.2. The molecule has 0 aliphatic heterocycles. The van der Waals surface area contributed by atoms with E-state index in [4.69, 9.17) is 0 Å². The Labute approximate surface area is 99.0 Å². The molecule has 88 valence electrons. The molecule has 0 amide bonds. The summed E-state index contributed by atoms with van der Waals surface area (Å²) in [6.45, 7) is 8.64. The number of aliphatic imine (C=N–C) groups is 1. The van der Waals surface area contributed by atoms with Gasteiger partial charge in [0.2, 0.25) is 0 Å². The first-order valence-electron chi connectivity index (χ1n) is 5.75. The summed E-state index contributed by atoms with van der Waals surface area (Å²) in [7, 11) is 3.96. The normalized spacial score (nSPS) is 12.1. The maximum atomic E-state index is 4.39. The second-order valence-electron chi connectivity index (χ2n) is 4.54. The lowest BCUT2D eigenvalue weighted by Gasteiger charge is -2.27. The van der Waals surface area contributed by atoms with Gasteiger partial charge in [0.05, 0.1) is 0 Å². The van der Waals surface area contributed by atoms with Gasteiger partial charge in [0.25, 0.3) is 0 Å². The van der Waals surface area contributed by atoms with Crippen LogP contribution in [0.25, 0.3) is 0 Å². The average molecular weight is 218 g/mol. The molecule has 0 spiro atoms. The van der Waals surface area contributed by atoms with Gasteiger partial charge in [-0.05, 0) is 25.0 Å². The van der Waals surface area contributed by atoms with Crippen molar-refractivity contribution in [1.29, 1.82) is 0 Å². The number of rotatable bonds is 2. The van der Waals surface area contributed by atoms with Gasteiger partial charge in [-0.3, -0.25) is 4.99 Å². The highest BCUT2D eigenvalue weighted by Crippen LogP contribution is 2.24. The number of anilines is 1. The van der Waals surface area contributed by atoms with Crippen molar-refractivity contribution in [1.82, 2.24) is 0 Å². The van der Waals surface area contributed by atoms with Crippen LogP contribution >= 0.6 is 0 Å². The Bertz CT molecular complexity index is 371. The quantitative estimate of drug-likeness (QED) is 0.548. The number of amidine groups is 1. The molecular formula is C14H22N2. The minimum absolute atomic E-state index is 0.439. The maximum absolute atomic E-state index is 4.39. The van der Waals surface area contributed by atoms with Crippen LogP contribution in [0.15, 0.2) is 23.2 Å². The molecule has 0 radical (unpaired) electrons. The molecule has 0 saturated heterocycles. The smallest absolute Gasteiger partial charge is 0.105 e. The van der Waals surface area contributed by atoms with Gasteiger partial charge >= 0.3 is 0 Å². The predicted molar refractivity (Wildman–Crippen MR) is 72.5 cm³/mol. The van der Waals surface area contributed by atoms with Crippen molar-refractivity contribution < 1.29 is 0 Å². The van der Waals surface area contributed by atoms with Crippen LogP contribution in [-0.2, 0) is 0 Å². The Kier molecular flexibility index (Phi) is 4.11.